The number of amides is 1. The Kier molecular flexibility index (Phi) is 5.11. The van der Waals surface area contributed by atoms with E-state index in [1.54, 1.807) is 6.92 Å². The van der Waals surface area contributed by atoms with E-state index in [4.69, 9.17) is 11.6 Å². The third-order valence-electron chi connectivity index (χ3n) is 2.19. The average molecular weight is 299 g/mol. The molecule has 106 valence electrons. The number of carbonyl (C=O) groups is 1. The van der Waals surface area contributed by atoms with Gasteiger partial charge in [-0.15, -0.1) is 0 Å². The van der Waals surface area contributed by atoms with Crippen LogP contribution in [0.4, 0.5) is 17.6 Å². The summed E-state index contributed by atoms with van der Waals surface area (Å²) in [5.41, 5.74) is -0.376. The first kappa shape index (κ1) is 15.7. The molecule has 0 fully saturated rings. The van der Waals surface area contributed by atoms with Crippen molar-refractivity contribution in [1.82, 2.24) is 9.88 Å². The highest BCUT2D eigenvalue weighted by atomic mass is 35.5. The van der Waals surface area contributed by atoms with E-state index in [9.17, 15) is 22.4 Å². The van der Waals surface area contributed by atoms with Crippen molar-refractivity contribution in [2.75, 3.05) is 13.1 Å². The third-order valence-corrected chi connectivity index (χ3v) is 2.49. The van der Waals surface area contributed by atoms with Crippen LogP contribution in [0.5, 0.6) is 0 Å². The number of rotatable bonds is 4. The highest BCUT2D eigenvalue weighted by Crippen LogP contribution is 2.21. The van der Waals surface area contributed by atoms with Gasteiger partial charge in [0.05, 0.1) is 11.8 Å². The molecule has 19 heavy (non-hydrogen) atoms. The van der Waals surface area contributed by atoms with Crippen molar-refractivity contribution in [3.63, 3.8) is 0 Å². The number of pyridine rings is 1. The van der Waals surface area contributed by atoms with Gasteiger partial charge in [-0.3, -0.25) is 4.79 Å². The minimum absolute atomic E-state index is 0.106. The number of aromatic nitrogens is 1. The maximum Gasteiger partial charge on any atom is 0.406 e. The highest BCUT2D eigenvalue weighted by Gasteiger charge is 2.33. The Bertz CT molecular complexity index is 464. The molecule has 0 aliphatic carbocycles. The van der Waals surface area contributed by atoms with E-state index in [0.717, 1.165) is 12.3 Å². The summed E-state index contributed by atoms with van der Waals surface area (Å²) in [6.45, 7) is 0.111. The van der Waals surface area contributed by atoms with Crippen LogP contribution < -0.4 is 0 Å². The number of carbonyl (C=O) groups excluding carboxylic acids is 1. The Morgan fingerprint density at radius 2 is 2.11 bits per heavy atom. The molecule has 0 saturated heterocycles. The molecule has 0 aliphatic heterocycles. The summed E-state index contributed by atoms with van der Waals surface area (Å²) in [6.07, 6.45) is -3.41. The zero-order chi connectivity index (χ0) is 14.6. The molecule has 3 nitrogen and oxygen atoms in total. The number of hydrogen-bond donors (Lipinski definition) is 0. The van der Waals surface area contributed by atoms with Gasteiger partial charge in [-0.05, 0) is 12.5 Å². The monoisotopic (exact) mass is 298 g/mol. The van der Waals surface area contributed by atoms with Crippen molar-refractivity contribution >= 4 is 17.5 Å². The zero-order valence-corrected chi connectivity index (χ0v) is 10.7. The minimum atomic E-state index is -4.53. The van der Waals surface area contributed by atoms with E-state index in [1.165, 1.54) is 0 Å². The average Bonchev–Trinajstić information content (AvgIpc) is 2.29. The van der Waals surface area contributed by atoms with E-state index >= 15 is 0 Å². The third kappa shape index (κ3) is 4.66. The van der Waals surface area contributed by atoms with Crippen LogP contribution in [-0.2, 0) is 0 Å². The van der Waals surface area contributed by atoms with Gasteiger partial charge in [0.2, 0.25) is 0 Å². The van der Waals surface area contributed by atoms with Crippen LogP contribution in [0.25, 0.3) is 0 Å². The maximum atomic E-state index is 13.0. The lowest BCUT2D eigenvalue weighted by atomic mass is 10.2. The van der Waals surface area contributed by atoms with Gasteiger partial charge in [-0.1, -0.05) is 18.5 Å². The van der Waals surface area contributed by atoms with Crippen molar-refractivity contribution in [3.05, 3.63) is 28.8 Å². The van der Waals surface area contributed by atoms with Crippen LogP contribution in [0, 0.1) is 5.82 Å². The summed E-state index contributed by atoms with van der Waals surface area (Å²) in [4.78, 5) is 15.9. The summed E-state index contributed by atoms with van der Waals surface area (Å²) in [7, 11) is 0. The Labute approximate surface area is 112 Å². The second-order valence-electron chi connectivity index (χ2n) is 3.83. The van der Waals surface area contributed by atoms with E-state index in [2.05, 4.69) is 4.98 Å². The number of nitrogens with zero attached hydrogens (tertiary/aromatic N) is 2. The Balaban J connectivity index is 3.02. The largest absolute Gasteiger partial charge is 0.406 e. The van der Waals surface area contributed by atoms with Crippen molar-refractivity contribution < 1.29 is 22.4 Å². The molecular weight excluding hydrogens is 288 g/mol. The van der Waals surface area contributed by atoms with Gasteiger partial charge in [0.25, 0.3) is 5.91 Å². The zero-order valence-electron chi connectivity index (χ0n) is 9.97. The van der Waals surface area contributed by atoms with Crippen LogP contribution in [-0.4, -0.2) is 35.1 Å². The van der Waals surface area contributed by atoms with Gasteiger partial charge in [0.1, 0.15) is 17.5 Å². The molecule has 0 unspecified atom stereocenters. The van der Waals surface area contributed by atoms with Gasteiger partial charge >= 0.3 is 6.18 Å². The van der Waals surface area contributed by atoms with Crippen LogP contribution in [0.1, 0.15) is 23.7 Å². The van der Waals surface area contributed by atoms with Crippen LogP contribution in [0.15, 0.2) is 12.3 Å². The Morgan fingerprint density at radius 1 is 1.47 bits per heavy atom. The van der Waals surface area contributed by atoms with Crippen LogP contribution in [0.3, 0.4) is 0 Å². The summed E-state index contributed by atoms with van der Waals surface area (Å²) in [5, 5.41) is -0.324. The molecule has 1 aromatic heterocycles. The van der Waals surface area contributed by atoms with Crippen molar-refractivity contribution in [3.8, 4) is 0 Å². The Morgan fingerprint density at radius 3 is 2.63 bits per heavy atom. The van der Waals surface area contributed by atoms with Gasteiger partial charge in [-0.25, -0.2) is 9.37 Å². The number of halogens is 5. The van der Waals surface area contributed by atoms with E-state index < -0.39 is 24.4 Å². The lowest BCUT2D eigenvalue weighted by molar-refractivity contribution is -0.140. The molecular formula is C11H11ClF4N2O. The standard InChI is InChI=1S/C11H11ClF4N2O/c1-2-3-18(6-11(14,15)16)10(19)8-4-7(13)5-17-9(8)12/h4-5H,2-3,6H2,1H3. The molecule has 1 rings (SSSR count). The number of hydrogen-bond acceptors (Lipinski definition) is 2. The molecule has 8 heteroatoms. The van der Waals surface area contributed by atoms with Gasteiger partial charge in [-0.2, -0.15) is 13.2 Å². The topological polar surface area (TPSA) is 33.2 Å². The predicted molar refractivity (Wildman–Crippen MR) is 61.5 cm³/mol. The molecule has 0 radical (unpaired) electrons. The second-order valence-corrected chi connectivity index (χ2v) is 4.19. The fourth-order valence-electron chi connectivity index (χ4n) is 1.48. The molecule has 0 N–H and O–H groups in total. The fourth-order valence-corrected chi connectivity index (χ4v) is 1.67. The summed E-state index contributed by atoms with van der Waals surface area (Å²) in [6, 6.07) is 0.775. The van der Waals surface area contributed by atoms with Crippen molar-refractivity contribution in [2.45, 2.75) is 19.5 Å². The van der Waals surface area contributed by atoms with Crippen LogP contribution in [0.2, 0.25) is 5.15 Å². The quantitative estimate of drug-likeness (QED) is 0.631. The van der Waals surface area contributed by atoms with Gasteiger partial charge < -0.3 is 4.90 Å². The maximum absolute atomic E-state index is 13.0. The van der Waals surface area contributed by atoms with E-state index in [1.807, 2.05) is 0 Å². The van der Waals surface area contributed by atoms with Crippen molar-refractivity contribution in [1.29, 1.82) is 0 Å². The lowest BCUT2D eigenvalue weighted by Gasteiger charge is -2.23. The number of alkyl halides is 3. The molecule has 1 amide bonds. The SMILES string of the molecule is CCCN(CC(F)(F)F)C(=O)c1cc(F)cnc1Cl. The Hall–Kier alpha value is -1.37. The summed E-state index contributed by atoms with van der Waals surface area (Å²) < 4.78 is 50.1. The summed E-state index contributed by atoms with van der Waals surface area (Å²) in [5.74, 6) is -1.83. The first-order valence-electron chi connectivity index (χ1n) is 5.41. The van der Waals surface area contributed by atoms with Crippen LogP contribution >= 0.6 is 11.6 Å². The van der Waals surface area contributed by atoms with Crippen molar-refractivity contribution in [2.24, 2.45) is 0 Å². The molecule has 1 heterocycles. The molecule has 0 aromatic carbocycles. The normalized spacial score (nSPS) is 11.5. The van der Waals surface area contributed by atoms with Gasteiger partial charge in [0.15, 0.2) is 0 Å². The molecule has 0 saturated carbocycles. The van der Waals surface area contributed by atoms with Gasteiger partial charge in [0, 0.05) is 6.54 Å². The minimum Gasteiger partial charge on any atom is -0.329 e. The smallest absolute Gasteiger partial charge is 0.329 e. The predicted octanol–water partition coefficient (Wildman–Crippen LogP) is 3.29. The second kappa shape index (κ2) is 6.18. The van der Waals surface area contributed by atoms with E-state index in [-0.39, 0.29) is 17.3 Å². The highest BCUT2D eigenvalue weighted by molar-refractivity contribution is 6.32. The molecule has 0 spiro atoms. The lowest BCUT2D eigenvalue weighted by Crippen LogP contribution is -2.39. The molecule has 0 bridgehead atoms. The molecule has 1 aromatic rings. The molecule has 0 aliphatic rings. The van der Waals surface area contributed by atoms with E-state index in [0.29, 0.717) is 11.3 Å². The summed E-state index contributed by atoms with van der Waals surface area (Å²) >= 11 is 5.60. The first-order valence-corrected chi connectivity index (χ1v) is 5.79. The first-order chi connectivity index (χ1) is 8.74. The molecule has 0 atom stereocenters. The fraction of sp³-hybridized carbons (Fsp3) is 0.455.